The van der Waals surface area contributed by atoms with Crippen molar-refractivity contribution in [3.8, 4) is 0 Å². The summed E-state index contributed by atoms with van der Waals surface area (Å²) in [5.74, 6) is -1.46. The van der Waals surface area contributed by atoms with Gasteiger partial charge in [-0.2, -0.15) is 0 Å². The number of allylic oxidation sites excluding steroid dienone is 1. The molecule has 1 aromatic rings. The minimum atomic E-state index is -0.588. The first-order chi connectivity index (χ1) is 8.16. The van der Waals surface area contributed by atoms with Crippen molar-refractivity contribution >= 4 is 17.5 Å². The number of hydrogen-bond acceptors (Lipinski definition) is 3. The van der Waals surface area contributed by atoms with Crippen LogP contribution in [0.5, 0.6) is 0 Å². The van der Waals surface area contributed by atoms with Gasteiger partial charge in [-0.05, 0) is 11.6 Å². The van der Waals surface area contributed by atoms with Crippen LogP contribution in [0.1, 0.15) is 12.0 Å². The van der Waals surface area contributed by atoms with E-state index in [9.17, 15) is 14.4 Å². The van der Waals surface area contributed by atoms with E-state index in [1.165, 1.54) is 0 Å². The van der Waals surface area contributed by atoms with E-state index >= 15 is 0 Å². The fourth-order valence-corrected chi connectivity index (χ4v) is 1.59. The van der Waals surface area contributed by atoms with Gasteiger partial charge in [-0.1, -0.05) is 30.3 Å². The lowest BCUT2D eigenvalue weighted by Crippen LogP contribution is -2.24. The number of benzene rings is 1. The maximum absolute atomic E-state index is 11.6. The van der Waals surface area contributed by atoms with Crippen molar-refractivity contribution in [1.82, 2.24) is 5.32 Å². The Morgan fingerprint density at radius 3 is 2.47 bits per heavy atom. The topological polar surface area (TPSA) is 63.2 Å². The van der Waals surface area contributed by atoms with Crippen LogP contribution < -0.4 is 5.32 Å². The minimum Gasteiger partial charge on any atom is -0.348 e. The zero-order valence-electron chi connectivity index (χ0n) is 9.10. The molecule has 1 N–H and O–H groups in total. The number of nitrogens with one attached hydrogen (secondary N) is 1. The van der Waals surface area contributed by atoms with Crippen LogP contribution >= 0.6 is 0 Å². The average molecular weight is 229 g/mol. The Kier molecular flexibility index (Phi) is 3.14. The zero-order valence-corrected chi connectivity index (χ0v) is 9.10. The molecule has 1 amide bonds. The number of hydrogen-bond donors (Lipinski definition) is 1. The molecule has 0 aromatic heterocycles. The molecule has 1 aliphatic carbocycles. The highest BCUT2D eigenvalue weighted by atomic mass is 16.2. The molecule has 0 fully saturated rings. The van der Waals surface area contributed by atoms with Gasteiger partial charge in [-0.3, -0.25) is 14.4 Å². The van der Waals surface area contributed by atoms with Crippen molar-refractivity contribution in [2.45, 2.75) is 13.0 Å². The van der Waals surface area contributed by atoms with E-state index in [-0.39, 0.29) is 17.9 Å². The summed E-state index contributed by atoms with van der Waals surface area (Å²) in [6.07, 6.45) is 1.03. The number of carbonyl (C=O) groups excluding carboxylic acids is 3. The van der Waals surface area contributed by atoms with Crippen molar-refractivity contribution in [2.75, 3.05) is 0 Å². The summed E-state index contributed by atoms with van der Waals surface area (Å²) in [4.78, 5) is 33.6. The van der Waals surface area contributed by atoms with E-state index in [2.05, 4.69) is 5.32 Å². The zero-order chi connectivity index (χ0) is 12.3. The Morgan fingerprint density at radius 1 is 1.18 bits per heavy atom. The Hall–Kier alpha value is -2.23. The predicted molar refractivity (Wildman–Crippen MR) is 61.0 cm³/mol. The normalized spacial score (nSPS) is 14.7. The molecule has 17 heavy (non-hydrogen) atoms. The van der Waals surface area contributed by atoms with Crippen molar-refractivity contribution in [1.29, 1.82) is 0 Å². The second kappa shape index (κ2) is 4.74. The number of carbonyl (C=O) groups is 3. The smallest absolute Gasteiger partial charge is 0.248 e. The molecule has 0 aliphatic heterocycles. The first-order valence-corrected chi connectivity index (χ1v) is 5.26. The van der Waals surface area contributed by atoms with Crippen molar-refractivity contribution in [3.05, 3.63) is 47.5 Å². The van der Waals surface area contributed by atoms with Crippen LogP contribution in [0.2, 0.25) is 0 Å². The maximum Gasteiger partial charge on any atom is 0.248 e. The predicted octanol–water partition coefficient (Wildman–Crippen LogP) is 0.771. The highest BCUT2D eigenvalue weighted by Gasteiger charge is 2.25. The maximum atomic E-state index is 11.6. The van der Waals surface area contributed by atoms with Crippen LogP contribution in [-0.2, 0) is 20.9 Å². The number of rotatable bonds is 3. The van der Waals surface area contributed by atoms with Gasteiger partial charge in [0, 0.05) is 18.5 Å². The molecule has 0 bridgehead atoms. The molecule has 0 saturated carbocycles. The second-order valence-corrected chi connectivity index (χ2v) is 3.80. The third kappa shape index (κ3) is 2.66. The largest absolute Gasteiger partial charge is 0.348 e. The van der Waals surface area contributed by atoms with Crippen LogP contribution in [0.25, 0.3) is 0 Å². The highest BCUT2D eigenvalue weighted by molar-refractivity contribution is 6.46. The number of ketones is 2. The summed E-state index contributed by atoms with van der Waals surface area (Å²) in [5, 5.41) is 2.67. The fraction of sp³-hybridized carbons (Fsp3) is 0.154. The molecule has 0 spiro atoms. The van der Waals surface area contributed by atoms with Gasteiger partial charge in [0.2, 0.25) is 17.5 Å². The molecular formula is C13H11NO3. The van der Waals surface area contributed by atoms with Gasteiger partial charge in [0.25, 0.3) is 0 Å². The Bertz CT molecular complexity index is 503. The Labute approximate surface area is 98.3 Å². The van der Waals surface area contributed by atoms with E-state index in [4.69, 9.17) is 0 Å². The third-order valence-electron chi connectivity index (χ3n) is 2.52. The molecule has 86 valence electrons. The summed E-state index contributed by atoms with van der Waals surface area (Å²) in [7, 11) is 0. The summed E-state index contributed by atoms with van der Waals surface area (Å²) >= 11 is 0. The Balaban J connectivity index is 1.93. The lowest BCUT2D eigenvalue weighted by Gasteiger charge is -2.04. The molecule has 0 atom stereocenters. The molecule has 0 heterocycles. The van der Waals surface area contributed by atoms with Gasteiger partial charge in [-0.15, -0.1) is 0 Å². The quantitative estimate of drug-likeness (QED) is 0.779. The first-order valence-electron chi connectivity index (χ1n) is 5.26. The van der Waals surface area contributed by atoms with E-state index < -0.39 is 11.6 Å². The van der Waals surface area contributed by atoms with Gasteiger partial charge in [0.1, 0.15) is 0 Å². The molecule has 4 nitrogen and oxygen atoms in total. The summed E-state index contributed by atoms with van der Waals surface area (Å²) in [6.45, 7) is 0.388. The van der Waals surface area contributed by atoms with Crippen LogP contribution in [0.4, 0.5) is 0 Å². The molecular weight excluding hydrogens is 218 g/mol. The minimum absolute atomic E-state index is 0.0839. The SMILES string of the molecule is O=C1C=C(C(=O)NCc2ccccc2)CC1=O. The molecule has 0 unspecified atom stereocenters. The molecule has 1 aliphatic rings. The van der Waals surface area contributed by atoms with Crippen LogP contribution in [0.3, 0.4) is 0 Å². The van der Waals surface area contributed by atoms with Crippen LogP contribution in [0, 0.1) is 0 Å². The van der Waals surface area contributed by atoms with Crippen molar-refractivity contribution < 1.29 is 14.4 Å². The van der Waals surface area contributed by atoms with Gasteiger partial charge < -0.3 is 5.32 Å². The molecule has 0 saturated heterocycles. The van der Waals surface area contributed by atoms with Crippen LogP contribution in [0.15, 0.2) is 42.0 Å². The van der Waals surface area contributed by atoms with E-state index in [1.54, 1.807) is 0 Å². The molecule has 1 aromatic carbocycles. The van der Waals surface area contributed by atoms with Crippen molar-refractivity contribution in [3.63, 3.8) is 0 Å². The highest BCUT2D eigenvalue weighted by Crippen LogP contribution is 2.12. The molecule has 2 rings (SSSR count). The van der Waals surface area contributed by atoms with Crippen molar-refractivity contribution in [2.24, 2.45) is 0 Å². The van der Waals surface area contributed by atoms with Gasteiger partial charge in [0.05, 0.1) is 0 Å². The second-order valence-electron chi connectivity index (χ2n) is 3.80. The van der Waals surface area contributed by atoms with Crippen LogP contribution in [-0.4, -0.2) is 17.5 Å². The van der Waals surface area contributed by atoms with E-state index in [0.717, 1.165) is 11.6 Å². The van der Waals surface area contributed by atoms with E-state index in [1.807, 2.05) is 30.3 Å². The lowest BCUT2D eigenvalue weighted by atomic mass is 10.2. The monoisotopic (exact) mass is 229 g/mol. The fourth-order valence-electron chi connectivity index (χ4n) is 1.59. The van der Waals surface area contributed by atoms with E-state index in [0.29, 0.717) is 6.54 Å². The van der Waals surface area contributed by atoms with Gasteiger partial charge in [-0.25, -0.2) is 0 Å². The Morgan fingerprint density at radius 2 is 1.88 bits per heavy atom. The average Bonchev–Trinajstić information content (AvgIpc) is 2.68. The lowest BCUT2D eigenvalue weighted by molar-refractivity contribution is -0.132. The standard InChI is InChI=1S/C13H11NO3/c15-11-6-10(7-12(11)16)13(17)14-8-9-4-2-1-3-5-9/h1-6H,7-8H2,(H,14,17). The summed E-state index contributed by atoms with van der Waals surface area (Å²) < 4.78 is 0. The van der Waals surface area contributed by atoms with Gasteiger partial charge in [0.15, 0.2) is 0 Å². The number of Topliss-reactive ketones (excluding diaryl/α,β-unsaturated/α-hetero) is 1. The molecule has 0 radical (unpaired) electrons. The first kappa shape index (κ1) is 11.3. The van der Waals surface area contributed by atoms with Gasteiger partial charge >= 0.3 is 0 Å². The summed E-state index contributed by atoms with van der Waals surface area (Å²) in [5.41, 5.74) is 1.22. The molecule has 4 heteroatoms. The summed E-state index contributed by atoms with van der Waals surface area (Å²) in [6, 6.07) is 9.42. The third-order valence-corrected chi connectivity index (χ3v) is 2.52. The number of amides is 1.